The zero-order valence-corrected chi connectivity index (χ0v) is 20.8. The van der Waals surface area contributed by atoms with Crippen molar-refractivity contribution in [3.63, 3.8) is 0 Å². The predicted octanol–water partition coefficient (Wildman–Crippen LogP) is 6.14. The Labute approximate surface area is 216 Å². The van der Waals surface area contributed by atoms with E-state index in [2.05, 4.69) is 15.6 Å². The summed E-state index contributed by atoms with van der Waals surface area (Å²) in [4.78, 5) is 29.7. The number of aromatic nitrogens is 2. The molecule has 0 aliphatic rings. The summed E-state index contributed by atoms with van der Waals surface area (Å²) in [6.45, 7) is 4.98. The number of nitrogens with zero attached hydrogens (tertiary/aromatic N) is 2. The molecule has 0 spiro atoms. The smallest absolute Gasteiger partial charge is 0.416 e. The molecule has 4 rings (SSSR count). The number of alkyl halides is 3. The van der Waals surface area contributed by atoms with Gasteiger partial charge in [0.1, 0.15) is 5.60 Å². The van der Waals surface area contributed by atoms with Crippen LogP contribution in [0.5, 0.6) is 0 Å². The van der Waals surface area contributed by atoms with Crippen LogP contribution < -0.4 is 10.6 Å². The van der Waals surface area contributed by atoms with Crippen molar-refractivity contribution in [2.24, 2.45) is 0 Å². The molecule has 0 radical (unpaired) electrons. The number of aliphatic hydroxyl groups excluding tert-OH is 1. The van der Waals surface area contributed by atoms with Gasteiger partial charge in [0.2, 0.25) is 5.95 Å². The molecule has 1 heterocycles. The van der Waals surface area contributed by atoms with E-state index >= 15 is 0 Å². The number of rotatable bonds is 5. The Bertz CT molecular complexity index is 1510. The number of nitrogens with one attached hydrogen (secondary N) is 2. The molecule has 0 saturated heterocycles. The second-order valence-corrected chi connectivity index (χ2v) is 9.46. The maximum absolute atomic E-state index is 13.2. The summed E-state index contributed by atoms with van der Waals surface area (Å²) in [5.74, 6) is -0.759. The molecule has 0 aliphatic heterocycles. The molecule has 0 atom stereocenters. The van der Waals surface area contributed by atoms with Crippen LogP contribution in [0.15, 0.2) is 66.7 Å². The average Bonchev–Trinajstić information content (AvgIpc) is 3.19. The Morgan fingerprint density at radius 3 is 2.39 bits per heavy atom. The first-order valence-electron chi connectivity index (χ1n) is 11.6. The number of halogens is 3. The predicted molar refractivity (Wildman–Crippen MR) is 136 cm³/mol. The third-order valence-corrected chi connectivity index (χ3v) is 5.33. The molecule has 38 heavy (non-hydrogen) atoms. The Morgan fingerprint density at radius 2 is 1.71 bits per heavy atom. The quantitative estimate of drug-likeness (QED) is 0.290. The molecule has 3 aromatic carbocycles. The van der Waals surface area contributed by atoms with Crippen molar-refractivity contribution in [2.45, 2.75) is 39.2 Å². The lowest BCUT2D eigenvalue weighted by Crippen LogP contribution is -2.27. The molecule has 0 saturated carbocycles. The van der Waals surface area contributed by atoms with Crippen LogP contribution in [0.3, 0.4) is 0 Å². The van der Waals surface area contributed by atoms with E-state index in [9.17, 15) is 27.9 Å². The Kier molecular flexibility index (Phi) is 7.14. The molecule has 198 valence electrons. The standard InChI is InChI=1S/C27H25F3N4O4/c1-26(2,3)38-25(37)31-19-8-5-9-20(14-19)34-22-11-10-16(15-35)12-21(22)32-24(34)33-23(36)17-6-4-7-18(13-17)27(28,29)30/h4-14,35H,15H2,1-3H3,(H,31,37)(H,32,33,36). The van der Waals surface area contributed by atoms with Gasteiger partial charge in [0, 0.05) is 11.3 Å². The lowest BCUT2D eigenvalue weighted by molar-refractivity contribution is -0.137. The normalized spacial score (nSPS) is 11.9. The van der Waals surface area contributed by atoms with Gasteiger partial charge in [-0.3, -0.25) is 20.0 Å². The number of imidazole rings is 1. The molecule has 11 heteroatoms. The number of benzene rings is 3. The van der Waals surface area contributed by atoms with E-state index in [0.717, 1.165) is 18.2 Å². The van der Waals surface area contributed by atoms with Gasteiger partial charge in [-0.1, -0.05) is 18.2 Å². The van der Waals surface area contributed by atoms with Gasteiger partial charge in [0.05, 0.1) is 28.9 Å². The number of hydrogen-bond acceptors (Lipinski definition) is 5. The summed E-state index contributed by atoms with van der Waals surface area (Å²) in [6.07, 6.45) is -5.26. The van der Waals surface area contributed by atoms with Crippen LogP contribution in [0.4, 0.5) is 29.6 Å². The van der Waals surface area contributed by atoms with Gasteiger partial charge in [-0.05, 0) is 74.9 Å². The number of hydrogen-bond donors (Lipinski definition) is 3. The summed E-state index contributed by atoms with van der Waals surface area (Å²) in [6, 6.07) is 15.7. The van der Waals surface area contributed by atoms with Crippen LogP contribution in [0, 0.1) is 0 Å². The highest BCUT2D eigenvalue weighted by molar-refractivity contribution is 6.04. The monoisotopic (exact) mass is 526 g/mol. The summed E-state index contributed by atoms with van der Waals surface area (Å²) < 4.78 is 46.4. The van der Waals surface area contributed by atoms with Gasteiger partial charge in [-0.2, -0.15) is 13.2 Å². The van der Waals surface area contributed by atoms with Crippen LogP contribution >= 0.6 is 0 Å². The fourth-order valence-electron chi connectivity index (χ4n) is 3.72. The Morgan fingerprint density at radius 1 is 0.974 bits per heavy atom. The number of carbonyl (C=O) groups excluding carboxylic acids is 2. The third-order valence-electron chi connectivity index (χ3n) is 5.33. The SMILES string of the molecule is CC(C)(C)OC(=O)Nc1cccc(-n2c(NC(=O)c3cccc(C(F)(F)F)c3)nc3cc(CO)ccc32)c1. The highest BCUT2D eigenvalue weighted by atomic mass is 19.4. The average molecular weight is 527 g/mol. The first kappa shape index (κ1) is 26.7. The van der Waals surface area contributed by atoms with Crippen molar-refractivity contribution in [3.05, 3.63) is 83.4 Å². The Hall–Kier alpha value is -4.38. The summed E-state index contributed by atoms with van der Waals surface area (Å²) in [7, 11) is 0. The van der Waals surface area contributed by atoms with E-state index in [4.69, 9.17) is 4.74 Å². The minimum absolute atomic E-state index is 0.0342. The van der Waals surface area contributed by atoms with Crippen LogP contribution in [-0.2, 0) is 17.5 Å². The molecule has 8 nitrogen and oxygen atoms in total. The zero-order chi connectivity index (χ0) is 27.7. The highest BCUT2D eigenvalue weighted by Gasteiger charge is 2.31. The fraction of sp³-hybridized carbons (Fsp3) is 0.222. The van der Waals surface area contributed by atoms with Crippen molar-refractivity contribution in [1.29, 1.82) is 0 Å². The van der Waals surface area contributed by atoms with Crippen molar-refractivity contribution >= 4 is 34.7 Å². The number of amides is 2. The second-order valence-electron chi connectivity index (χ2n) is 9.46. The first-order valence-corrected chi connectivity index (χ1v) is 11.6. The number of ether oxygens (including phenoxy) is 1. The van der Waals surface area contributed by atoms with E-state index in [0.29, 0.717) is 28.0 Å². The maximum atomic E-state index is 13.2. The van der Waals surface area contributed by atoms with Crippen molar-refractivity contribution in [2.75, 3.05) is 10.6 Å². The summed E-state index contributed by atoms with van der Waals surface area (Å²) in [5.41, 5.74) is 0.614. The lowest BCUT2D eigenvalue weighted by atomic mass is 10.1. The van der Waals surface area contributed by atoms with Gasteiger partial charge in [0.15, 0.2) is 0 Å². The van der Waals surface area contributed by atoms with Gasteiger partial charge in [0.25, 0.3) is 5.91 Å². The minimum Gasteiger partial charge on any atom is -0.444 e. The molecule has 0 bridgehead atoms. The topological polar surface area (TPSA) is 105 Å². The van der Waals surface area contributed by atoms with E-state index in [1.165, 1.54) is 6.07 Å². The summed E-state index contributed by atoms with van der Waals surface area (Å²) in [5, 5.41) is 14.8. The van der Waals surface area contributed by atoms with Crippen molar-refractivity contribution < 1.29 is 32.6 Å². The van der Waals surface area contributed by atoms with Crippen LogP contribution in [0.1, 0.15) is 42.3 Å². The molecule has 3 N–H and O–H groups in total. The third kappa shape index (κ3) is 6.12. The van der Waals surface area contributed by atoms with Gasteiger partial charge in [-0.25, -0.2) is 9.78 Å². The van der Waals surface area contributed by atoms with E-state index in [1.54, 1.807) is 67.8 Å². The van der Waals surface area contributed by atoms with E-state index in [1.807, 2.05) is 0 Å². The molecule has 4 aromatic rings. The number of fused-ring (bicyclic) bond motifs is 1. The van der Waals surface area contributed by atoms with Crippen LogP contribution in [0.25, 0.3) is 16.7 Å². The van der Waals surface area contributed by atoms with Gasteiger partial charge in [-0.15, -0.1) is 0 Å². The van der Waals surface area contributed by atoms with E-state index in [-0.39, 0.29) is 18.1 Å². The molecular formula is C27H25F3N4O4. The molecule has 2 amide bonds. The number of aliphatic hydroxyl groups is 1. The minimum atomic E-state index is -4.61. The number of carbonyl (C=O) groups is 2. The molecular weight excluding hydrogens is 501 g/mol. The van der Waals surface area contributed by atoms with Crippen molar-refractivity contribution in [3.8, 4) is 5.69 Å². The largest absolute Gasteiger partial charge is 0.444 e. The van der Waals surface area contributed by atoms with Crippen molar-refractivity contribution in [1.82, 2.24) is 9.55 Å². The zero-order valence-electron chi connectivity index (χ0n) is 20.8. The lowest BCUT2D eigenvalue weighted by Gasteiger charge is -2.20. The maximum Gasteiger partial charge on any atom is 0.416 e. The first-order chi connectivity index (χ1) is 17.8. The molecule has 0 fully saturated rings. The number of anilines is 2. The van der Waals surface area contributed by atoms with Gasteiger partial charge < -0.3 is 9.84 Å². The molecule has 1 aromatic heterocycles. The molecule has 0 unspecified atom stereocenters. The van der Waals surface area contributed by atoms with Crippen LogP contribution in [0.2, 0.25) is 0 Å². The van der Waals surface area contributed by atoms with Gasteiger partial charge >= 0.3 is 12.3 Å². The molecule has 0 aliphatic carbocycles. The summed E-state index contributed by atoms with van der Waals surface area (Å²) >= 11 is 0. The second kappa shape index (κ2) is 10.2. The fourth-order valence-corrected chi connectivity index (χ4v) is 3.72. The Balaban J connectivity index is 1.74. The van der Waals surface area contributed by atoms with Crippen LogP contribution in [-0.4, -0.2) is 32.3 Å². The highest BCUT2D eigenvalue weighted by Crippen LogP contribution is 2.31. The van der Waals surface area contributed by atoms with E-state index < -0.39 is 29.3 Å².